The van der Waals surface area contributed by atoms with E-state index >= 15 is 0 Å². The molecule has 3 aromatic rings. The average Bonchev–Trinajstić information content (AvgIpc) is 3.15. The van der Waals surface area contributed by atoms with E-state index in [0.717, 1.165) is 11.3 Å². The van der Waals surface area contributed by atoms with E-state index in [0.29, 0.717) is 33.1 Å². The van der Waals surface area contributed by atoms with E-state index in [1.165, 1.54) is 11.8 Å². The first-order valence-electron chi connectivity index (χ1n) is 9.52. The summed E-state index contributed by atoms with van der Waals surface area (Å²) in [7, 11) is 0. The Morgan fingerprint density at radius 1 is 1.06 bits per heavy atom. The number of carbonyl (C=O) groups is 2. The van der Waals surface area contributed by atoms with Crippen LogP contribution in [0.15, 0.2) is 47.6 Å². The van der Waals surface area contributed by atoms with Gasteiger partial charge in [-0.2, -0.15) is 0 Å². The van der Waals surface area contributed by atoms with E-state index in [9.17, 15) is 9.59 Å². The number of amides is 2. The number of nitrogens with one attached hydrogen (secondary N) is 2. The van der Waals surface area contributed by atoms with Gasteiger partial charge in [0.15, 0.2) is 11.0 Å². The molecule has 0 radical (unpaired) electrons. The van der Waals surface area contributed by atoms with Crippen LogP contribution in [0.1, 0.15) is 28.7 Å². The molecule has 2 N–H and O–H groups in total. The molecule has 0 aliphatic carbocycles. The van der Waals surface area contributed by atoms with Crippen molar-refractivity contribution in [2.24, 2.45) is 0 Å². The molecule has 3 rings (SSSR count). The van der Waals surface area contributed by atoms with Crippen LogP contribution in [0.3, 0.4) is 0 Å². The zero-order chi connectivity index (χ0) is 22.4. The van der Waals surface area contributed by atoms with Gasteiger partial charge in [-0.1, -0.05) is 35.0 Å². The highest BCUT2D eigenvalue weighted by atomic mass is 35.5. The first kappa shape index (κ1) is 23.1. The molecule has 1 aromatic heterocycles. The molecule has 0 fully saturated rings. The zero-order valence-electron chi connectivity index (χ0n) is 17.0. The van der Waals surface area contributed by atoms with Gasteiger partial charge >= 0.3 is 0 Å². The number of anilines is 1. The number of halogens is 2. The first-order chi connectivity index (χ1) is 14.9. The lowest BCUT2D eigenvalue weighted by Gasteiger charge is -2.10. The van der Waals surface area contributed by atoms with E-state index in [2.05, 4.69) is 20.8 Å². The standard InChI is InChI=1S/C21H21Cl2N5O2S/c1-3-28-18(11-24-20(30)14-4-6-15(22)7-5-14)26-27-21(28)31-12-19(29)25-17-9-8-16(23)10-13(17)2/h4-10H,3,11-12H2,1-2H3,(H,24,30)(H,25,29). The molecule has 162 valence electrons. The summed E-state index contributed by atoms with van der Waals surface area (Å²) < 4.78 is 1.87. The van der Waals surface area contributed by atoms with Gasteiger partial charge < -0.3 is 15.2 Å². The SMILES string of the molecule is CCn1c(CNC(=O)c2ccc(Cl)cc2)nnc1SCC(=O)Nc1ccc(Cl)cc1C. The maximum absolute atomic E-state index is 12.3. The Morgan fingerprint density at radius 2 is 1.77 bits per heavy atom. The second-order valence-electron chi connectivity index (χ2n) is 6.63. The van der Waals surface area contributed by atoms with Crippen LogP contribution in [0.5, 0.6) is 0 Å². The molecule has 0 bridgehead atoms. The minimum Gasteiger partial charge on any atom is -0.345 e. The van der Waals surface area contributed by atoms with E-state index in [1.807, 2.05) is 18.4 Å². The average molecular weight is 478 g/mol. The van der Waals surface area contributed by atoms with Gasteiger partial charge in [0.25, 0.3) is 5.91 Å². The molecular formula is C21H21Cl2N5O2S. The molecule has 0 aliphatic heterocycles. The summed E-state index contributed by atoms with van der Waals surface area (Å²) in [6, 6.07) is 11.9. The molecule has 2 amide bonds. The molecule has 0 aliphatic rings. The number of benzene rings is 2. The van der Waals surface area contributed by atoms with E-state index < -0.39 is 0 Å². The number of nitrogens with zero attached hydrogens (tertiary/aromatic N) is 3. The number of rotatable bonds is 8. The Balaban J connectivity index is 1.57. The summed E-state index contributed by atoms with van der Waals surface area (Å²) >= 11 is 13.1. The molecule has 0 saturated carbocycles. The van der Waals surface area contributed by atoms with Gasteiger partial charge in [-0.15, -0.1) is 10.2 Å². The van der Waals surface area contributed by atoms with Crippen LogP contribution in [-0.4, -0.2) is 32.3 Å². The number of thioether (sulfide) groups is 1. The van der Waals surface area contributed by atoms with Crippen molar-refractivity contribution in [2.75, 3.05) is 11.1 Å². The minimum absolute atomic E-state index is 0.154. The van der Waals surface area contributed by atoms with Crippen molar-refractivity contribution in [1.82, 2.24) is 20.1 Å². The molecule has 10 heteroatoms. The van der Waals surface area contributed by atoms with Crippen LogP contribution >= 0.6 is 35.0 Å². The number of carbonyl (C=O) groups excluding carboxylic acids is 2. The highest BCUT2D eigenvalue weighted by molar-refractivity contribution is 7.99. The fraction of sp³-hybridized carbons (Fsp3) is 0.238. The maximum atomic E-state index is 12.3. The second-order valence-corrected chi connectivity index (χ2v) is 8.44. The number of hydrogen-bond acceptors (Lipinski definition) is 5. The van der Waals surface area contributed by atoms with Crippen LogP contribution in [0.25, 0.3) is 0 Å². The third-order valence-corrected chi connectivity index (χ3v) is 5.87. The molecule has 1 heterocycles. The third-order valence-electron chi connectivity index (χ3n) is 4.42. The Labute approximate surface area is 194 Å². The Kier molecular flexibility index (Phi) is 7.95. The maximum Gasteiger partial charge on any atom is 0.251 e. The molecule has 31 heavy (non-hydrogen) atoms. The van der Waals surface area contributed by atoms with Crippen molar-refractivity contribution in [1.29, 1.82) is 0 Å². The van der Waals surface area contributed by atoms with Crippen molar-refractivity contribution in [2.45, 2.75) is 32.1 Å². The number of aryl methyl sites for hydroxylation is 1. The lowest BCUT2D eigenvalue weighted by molar-refractivity contribution is -0.113. The van der Waals surface area contributed by atoms with Gasteiger partial charge in [0.2, 0.25) is 5.91 Å². The molecule has 0 saturated heterocycles. The summed E-state index contributed by atoms with van der Waals surface area (Å²) in [5, 5.41) is 15.8. The van der Waals surface area contributed by atoms with Crippen LogP contribution in [0.4, 0.5) is 5.69 Å². The summed E-state index contributed by atoms with van der Waals surface area (Å²) in [4.78, 5) is 24.6. The van der Waals surface area contributed by atoms with Crippen molar-refractivity contribution >= 4 is 52.5 Å². The summed E-state index contributed by atoms with van der Waals surface area (Å²) in [5.74, 6) is 0.409. The fourth-order valence-electron chi connectivity index (χ4n) is 2.82. The normalized spacial score (nSPS) is 10.7. The summed E-state index contributed by atoms with van der Waals surface area (Å²) in [5.41, 5.74) is 2.12. The lowest BCUT2D eigenvalue weighted by Crippen LogP contribution is -2.24. The Morgan fingerprint density at radius 3 is 2.45 bits per heavy atom. The molecule has 0 unspecified atom stereocenters. The van der Waals surface area contributed by atoms with E-state index in [1.54, 1.807) is 42.5 Å². The molecular weight excluding hydrogens is 457 g/mol. The van der Waals surface area contributed by atoms with Crippen molar-refractivity contribution in [3.05, 3.63) is 69.5 Å². The van der Waals surface area contributed by atoms with Gasteiger partial charge in [-0.05, 0) is 61.9 Å². The quantitative estimate of drug-likeness (QED) is 0.463. The first-order valence-corrected chi connectivity index (χ1v) is 11.3. The zero-order valence-corrected chi connectivity index (χ0v) is 19.3. The predicted molar refractivity (Wildman–Crippen MR) is 124 cm³/mol. The van der Waals surface area contributed by atoms with Crippen LogP contribution in [0, 0.1) is 6.92 Å². The molecule has 7 nitrogen and oxygen atoms in total. The van der Waals surface area contributed by atoms with Crippen molar-refractivity contribution < 1.29 is 9.59 Å². The fourth-order valence-corrected chi connectivity index (χ4v) is 3.99. The topological polar surface area (TPSA) is 88.9 Å². The Hall–Kier alpha value is -2.55. The third kappa shape index (κ3) is 6.22. The minimum atomic E-state index is -0.228. The summed E-state index contributed by atoms with van der Waals surface area (Å²) in [6.45, 7) is 4.67. The number of hydrogen-bond donors (Lipinski definition) is 2. The van der Waals surface area contributed by atoms with Gasteiger partial charge in [0.1, 0.15) is 0 Å². The van der Waals surface area contributed by atoms with Gasteiger partial charge in [0.05, 0.1) is 12.3 Å². The van der Waals surface area contributed by atoms with Crippen LogP contribution < -0.4 is 10.6 Å². The van der Waals surface area contributed by atoms with Gasteiger partial charge in [0, 0.05) is 27.8 Å². The number of aromatic nitrogens is 3. The van der Waals surface area contributed by atoms with Crippen LogP contribution in [-0.2, 0) is 17.9 Å². The molecule has 0 spiro atoms. The largest absolute Gasteiger partial charge is 0.345 e. The highest BCUT2D eigenvalue weighted by Gasteiger charge is 2.15. The predicted octanol–water partition coefficient (Wildman–Crippen LogP) is 4.57. The van der Waals surface area contributed by atoms with Crippen LogP contribution in [0.2, 0.25) is 10.0 Å². The Bertz CT molecular complexity index is 1090. The summed E-state index contributed by atoms with van der Waals surface area (Å²) in [6.07, 6.45) is 0. The smallest absolute Gasteiger partial charge is 0.251 e. The van der Waals surface area contributed by atoms with Crippen molar-refractivity contribution in [3.8, 4) is 0 Å². The monoisotopic (exact) mass is 477 g/mol. The van der Waals surface area contributed by atoms with Crippen molar-refractivity contribution in [3.63, 3.8) is 0 Å². The van der Waals surface area contributed by atoms with Gasteiger partial charge in [-0.25, -0.2) is 0 Å². The lowest BCUT2D eigenvalue weighted by atomic mass is 10.2. The second kappa shape index (κ2) is 10.7. The van der Waals surface area contributed by atoms with E-state index in [-0.39, 0.29) is 24.1 Å². The van der Waals surface area contributed by atoms with Gasteiger partial charge in [-0.3, -0.25) is 9.59 Å². The van der Waals surface area contributed by atoms with E-state index in [4.69, 9.17) is 23.2 Å². The highest BCUT2D eigenvalue weighted by Crippen LogP contribution is 2.21. The molecule has 2 aromatic carbocycles. The molecule has 0 atom stereocenters.